The maximum atomic E-state index is 13.6. The molecule has 0 bridgehead atoms. The largest absolute Gasteiger partial charge is 0.339 e. The quantitative estimate of drug-likeness (QED) is 0.429. The lowest BCUT2D eigenvalue weighted by molar-refractivity contribution is 0.103. The second-order valence-electron chi connectivity index (χ2n) is 7.65. The lowest BCUT2D eigenvalue weighted by Gasteiger charge is -2.25. The van der Waals surface area contributed by atoms with Gasteiger partial charge in [0.05, 0.1) is 16.9 Å². The Balaban J connectivity index is 1.62. The van der Waals surface area contributed by atoms with Crippen LogP contribution in [0.15, 0.2) is 93.7 Å². The molecule has 0 fully saturated rings. The van der Waals surface area contributed by atoms with Crippen molar-refractivity contribution < 1.29 is 4.79 Å². The smallest absolute Gasteiger partial charge is 0.277 e. The number of ketones is 1. The molecule has 5 nitrogen and oxygen atoms in total. The van der Waals surface area contributed by atoms with Crippen LogP contribution in [0.4, 0.5) is 5.82 Å². The van der Waals surface area contributed by atoms with Crippen LogP contribution in [0.1, 0.15) is 33.0 Å². The highest BCUT2D eigenvalue weighted by Gasteiger charge is 2.42. The second kappa shape index (κ2) is 6.68. The summed E-state index contributed by atoms with van der Waals surface area (Å²) in [6.45, 7) is 0. The molecule has 1 aromatic heterocycles. The van der Waals surface area contributed by atoms with Crippen LogP contribution in [0.3, 0.4) is 0 Å². The molecule has 1 aliphatic carbocycles. The first-order valence-corrected chi connectivity index (χ1v) is 10.7. The van der Waals surface area contributed by atoms with E-state index in [0.29, 0.717) is 22.5 Å². The molecule has 3 aromatic carbocycles. The van der Waals surface area contributed by atoms with E-state index >= 15 is 0 Å². The molecular weight excluding hydrogens is 454 g/mol. The van der Waals surface area contributed by atoms with E-state index in [0.717, 1.165) is 27.0 Å². The predicted molar refractivity (Wildman–Crippen MR) is 124 cm³/mol. The zero-order chi connectivity index (χ0) is 21.1. The Bertz CT molecular complexity index is 1450. The first-order chi connectivity index (χ1) is 15.1. The molecule has 0 spiro atoms. The van der Waals surface area contributed by atoms with E-state index in [1.165, 1.54) is 4.68 Å². The molecule has 0 amide bonds. The minimum Gasteiger partial charge on any atom is -0.339 e. The Hall–Kier alpha value is -3.64. The van der Waals surface area contributed by atoms with Crippen molar-refractivity contribution in [3.63, 3.8) is 0 Å². The average Bonchev–Trinajstić information content (AvgIpc) is 3.29. The highest BCUT2D eigenvalue weighted by Crippen LogP contribution is 2.47. The fourth-order valence-electron chi connectivity index (χ4n) is 4.54. The minimum absolute atomic E-state index is 0.0384. The first kappa shape index (κ1) is 18.2. The number of carbonyl (C=O) groups is 1. The van der Waals surface area contributed by atoms with Gasteiger partial charge in [-0.25, -0.2) is 4.68 Å². The van der Waals surface area contributed by atoms with Gasteiger partial charge >= 0.3 is 0 Å². The summed E-state index contributed by atoms with van der Waals surface area (Å²) in [4.78, 5) is 27.0. The number of hydrogen-bond donors (Lipinski definition) is 2. The number of carbonyl (C=O) groups excluding carboxylic acids is 1. The first-order valence-electron chi connectivity index (χ1n) is 9.94. The highest BCUT2D eigenvalue weighted by atomic mass is 79.9. The maximum absolute atomic E-state index is 13.6. The lowest BCUT2D eigenvalue weighted by atomic mass is 9.82. The van der Waals surface area contributed by atoms with Gasteiger partial charge in [-0.3, -0.25) is 14.7 Å². The predicted octanol–water partition coefficient (Wildman–Crippen LogP) is 5.09. The number of allylic oxidation sites excluding steroid dienone is 1. The van der Waals surface area contributed by atoms with Crippen molar-refractivity contribution in [3.05, 3.63) is 122 Å². The lowest BCUT2D eigenvalue weighted by Crippen LogP contribution is -2.25. The van der Waals surface area contributed by atoms with Crippen molar-refractivity contribution in [2.45, 2.75) is 5.92 Å². The van der Waals surface area contributed by atoms with Gasteiger partial charge in [0, 0.05) is 27.1 Å². The van der Waals surface area contributed by atoms with Crippen molar-refractivity contribution in [1.82, 2.24) is 9.78 Å². The Labute approximate surface area is 186 Å². The van der Waals surface area contributed by atoms with Crippen LogP contribution in [0.2, 0.25) is 0 Å². The number of hydrogen-bond acceptors (Lipinski definition) is 3. The van der Waals surface area contributed by atoms with Crippen LogP contribution in [0.5, 0.6) is 0 Å². The number of nitrogens with one attached hydrogen (secondary N) is 2. The molecule has 6 rings (SSSR count). The van der Waals surface area contributed by atoms with Crippen molar-refractivity contribution in [1.29, 1.82) is 0 Å². The highest BCUT2D eigenvalue weighted by molar-refractivity contribution is 9.10. The number of H-pyrrole nitrogens is 1. The Morgan fingerprint density at radius 1 is 0.806 bits per heavy atom. The molecule has 6 heteroatoms. The van der Waals surface area contributed by atoms with Gasteiger partial charge in [-0.1, -0.05) is 70.5 Å². The van der Waals surface area contributed by atoms with Gasteiger partial charge in [0.25, 0.3) is 5.56 Å². The fraction of sp³-hybridized carbons (Fsp3) is 0.0400. The Kier molecular flexibility index (Phi) is 3.91. The van der Waals surface area contributed by atoms with Gasteiger partial charge in [-0.2, -0.15) is 0 Å². The summed E-state index contributed by atoms with van der Waals surface area (Å²) >= 11 is 3.48. The van der Waals surface area contributed by atoms with Gasteiger partial charge in [-0.15, -0.1) is 0 Å². The number of para-hydroxylation sites is 1. The van der Waals surface area contributed by atoms with Gasteiger partial charge < -0.3 is 5.32 Å². The number of aromatic nitrogens is 2. The third-order valence-corrected chi connectivity index (χ3v) is 6.46. The molecule has 2 N–H and O–H groups in total. The maximum Gasteiger partial charge on any atom is 0.277 e. The van der Waals surface area contributed by atoms with Gasteiger partial charge in [0.2, 0.25) is 0 Å². The van der Waals surface area contributed by atoms with Crippen LogP contribution in [-0.4, -0.2) is 15.6 Å². The van der Waals surface area contributed by atoms with Crippen LogP contribution in [0, 0.1) is 0 Å². The monoisotopic (exact) mass is 469 g/mol. The number of halogens is 1. The third kappa shape index (κ3) is 2.61. The topological polar surface area (TPSA) is 66.9 Å². The van der Waals surface area contributed by atoms with Crippen LogP contribution in [-0.2, 0) is 0 Å². The molecule has 4 aromatic rings. The zero-order valence-electron chi connectivity index (χ0n) is 16.2. The summed E-state index contributed by atoms with van der Waals surface area (Å²) in [5, 5.41) is 6.59. The Morgan fingerprint density at radius 3 is 2.23 bits per heavy atom. The normalized spacial score (nSPS) is 16.5. The molecule has 150 valence electrons. The van der Waals surface area contributed by atoms with Crippen LogP contribution >= 0.6 is 15.9 Å². The van der Waals surface area contributed by atoms with Crippen LogP contribution in [0.25, 0.3) is 11.4 Å². The molecule has 1 aliphatic heterocycles. The van der Waals surface area contributed by atoms with Crippen LogP contribution < -0.4 is 10.9 Å². The molecule has 0 saturated heterocycles. The van der Waals surface area contributed by atoms with E-state index in [9.17, 15) is 9.59 Å². The minimum atomic E-state index is -0.465. The molecule has 2 heterocycles. The van der Waals surface area contributed by atoms with Crippen molar-refractivity contribution in [2.24, 2.45) is 0 Å². The number of anilines is 1. The van der Waals surface area contributed by atoms with E-state index < -0.39 is 5.92 Å². The summed E-state index contributed by atoms with van der Waals surface area (Å²) in [7, 11) is 0. The average molecular weight is 470 g/mol. The molecular formula is C25H16BrN3O2. The molecule has 2 aliphatic rings. The van der Waals surface area contributed by atoms with Crippen molar-refractivity contribution >= 4 is 33.2 Å². The molecule has 31 heavy (non-hydrogen) atoms. The number of Topliss-reactive ketones (excluding diaryl/α,β-unsaturated/α-hetero) is 1. The van der Waals surface area contributed by atoms with E-state index in [2.05, 4.69) is 26.3 Å². The van der Waals surface area contributed by atoms with Crippen molar-refractivity contribution in [2.75, 3.05) is 5.32 Å². The number of aromatic amines is 1. The van der Waals surface area contributed by atoms with Gasteiger partial charge in [0.15, 0.2) is 5.78 Å². The second-order valence-corrected chi connectivity index (χ2v) is 8.57. The SMILES string of the molecule is O=C1C2=C(Nc3[nH]n(-c4ccccc4)c(=O)c3[C@H]2c2ccc(Br)cc2)c2ccccc21. The summed E-state index contributed by atoms with van der Waals surface area (Å²) in [5.74, 6) is 0.113. The molecule has 1 atom stereocenters. The van der Waals surface area contributed by atoms with Crippen molar-refractivity contribution in [3.8, 4) is 5.69 Å². The number of rotatable bonds is 2. The van der Waals surface area contributed by atoms with Gasteiger partial charge in [0.1, 0.15) is 5.82 Å². The number of nitrogens with zero attached hydrogens (tertiary/aromatic N) is 1. The van der Waals surface area contributed by atoms with E-state index in [1.807, 2.05) is 78.9 Å². The summed E-state index contributed by atoms with van der Waals surface area (Å²) in [6.07, 6.45) is 0. The number of benzene rings is 3. The summed E-state index contributed by atoms with van der Waals surface area (Å²) < 4.78 is 2.47. The molecule has 0 unspecified atom stereocenters. The zero-order valence-corrected chi connectivity index (χ0v) is 17.8. The Morgan fingerprint density at radius 2 is 1.48 bits per heavy atom. The summed E-state index contributed by atoms with van der Waals surface area (Å²) in [5.41, 5.74) is 4.93. The number of fused-ring (bicyclic) bond motifs is 3. The fourth-order valence-corrected chi connectivity index (χ4v) is 4.81. The molecule has 0 saturated carbocycles. The van der Waals surface area contributed by atoms with E-state index in [4.69, 9.17) is 0 Å². The standard InChI is InChI=1S/C25H16BrN3O2/c26-15-12-10-14(11-13-15)19-20-22(17-8-4-5-9-18(17)23(20)30)27-24-21(19)25(31)29(28-24)16-6-2-1-3-7-16/h1-13,19,27-28H/t19-/m0/s1. The van der Waals surface area contributed by atoms with E-state index in [1.54, 1.807) is 0 Å². The molecule has 0 radical (unpaired) electrons. The van der Waals surface area contributed by atoms with Gasteiger partial charge in [-0.05, 0) is 29.8 Å². The summed E-state index contributed by atoms with van der Waals surface area (Å²) in [6, 6.07) is 24.8. The van der Waals surface area contributed by atoms with E-state index in [-0.39, 0.29) is 11.3 Å². The third-order valence-electron chi connectivity index (χ3n) is 5.93.